The molecular formula is C12H21NO3S. The minimum absolute atomic E-state index is 0.117. The van der Waals surface area contributed by atoms with E-state index in [-0.39, 0.29) is 11.8 Å². The Morgan fingerprint density at radius 3 is 2.76 bits per heavy atom. The molecule has 1 aromatic heterocycles. The van der Waals surface area contributed by atoms with Crippen LogP contribution in [0.4, 0.5) is 0 Å². The van der Waals surface area contributed by atoms with E-state index in [4.69, 9.17) is 4.42 Å². The fraction of sp³-hybridized carbons (Fsp3) is 0.667. The number of rotatable bonds is 8. The van der Waals surface area contributed by atoms with E-state index in [9.17, 15) is 8.42 Å². The van der Waals surface area contributed by atoms with Crippen molar-refractivity contribution in [2.75, 3.05) is 18.6 Å². The molecule has 17 heavy (non-hydrogen) atoms. The lowest BCUT2D eigenvalue weighted by Crippen LogP contribution is -2.22. The summed E-state index contributed by atoms with van der Waals surface area (Å²) in [4.78, 5) is 0. The summed E-state index contributed by atoms with van der Waals surface area (Å²) >= 11 is 0. The van der Waals surface area contributed by atoms with Crippen LogP contribution in [0.1, 0.15) is 38.0 Å². The first-order chi connectivity index (χ1) is 8.03. The molecule has 1 unspecified atom stereocenters. The van der Waals surface area contributed by atoms with Gasteiger partial charge in [-0.1, -0.05) is 6.92 Å². The van der Waals surface area contributed by atoms with E-state index in [2.05, 4.69) is 12.2 Å². The molecule has 1 N–H and O–H groups in total. The number of sulfone groups is 1. The molecule has 0 saturated carbocycles. The lowest BCUT2D eigenvalue weighted by atomic mass is 10.1. The Bertz CT molecular complexity index is 397. The summed E-state index contributed by atoms with van der Waals surface area (Å²) in [5.41, 5.74) is 0. The highest BCUT2D eigenvalue weighted by Gasteiger charge is 2.14. The Morgan fingerprint density at radius 2 is 2.24 bits per heavy atom. The van der Waals surface area contributed by atoms with Crippen molar-refractivity contribution in [3.8, 4) is 0 Å². The molecule has 0 spiro atoms. The average Bonchev–Trinajstić information content (AvgIpc) is 2.74. The zero-order valence-corrected chi connectivity index (χ0v) is 11.3. The fourth-order valence-corrected chi connectivity index (χ4v) is 2.39. The standard InChI is InChI=1S/C12H21NO3S/c1-3-8-13-11(12-7-4-9-16-12)6-5-10-17(2,14)15/h4,7,9,11,13H,3,5-6,8,10H2,1-2H3. The lowest BCUT2D eigenvalue weighted by Gasteiger charge is -2.15. The van der Waals surface area contributed by atoms with Crippen LogP contribution in [-0.4, -0.2) is 27.0 Å². The summed E-state index contributed by atoms with van der Waals surface area (Å²) in [6.45, 7) is 3.01. The number of hydrogen-bond acceptors (Lipinski definition) is 4. The first-order valence-corrected chi connectivity index (χ1v) is 8.03. The minimum Gasteiger partial charge on any atom is -0.468 e. The molecule has 0 aromatic carbocycles. The molecule has 0 aliphatic carbocycles. The van der Waals surface area contributed by atoms with Gasteiger partial charge in [0.05, 0.1) is 12.3 Å². The molecule has 0 aliphatic heterocycles. The predicted octanol–water partition coefficient (Wildman–Crippen LogP) is 2.15. The molecule has 1 atom stereocenters. The van der Waals surface area contributed by atoms with Crippen LogP contribution < -0.4 is 5.32 Å². The molecule has 0 bridgehead atoms. The van der Waals surface area contributed by atoms with Gasteiger partial charge >= 0.3 is 0 Å². The number of furan rings is 1. The van der Waals surface area contributed by atoms with Crippen LogP contribution in [0.5, 0.6) is 0 Å². The summed E-state index contributed by atoms with van der Waals surface area (Å²) in [5, 5.41) is 3.37. The summed E-state index contributed by atoms with van der Waals surface area (Å²) < 4.78 is 27.5. The maximum Gasteiger partial charge on any atom is 0.147 e. The second kappa shape index (κ2) is 6.81. The van der Waals surface area contributed by atoms with Crippen molar-refractivity contribution in [2.45, 2.75) is 32.2 Å². The first kappa shape index (κ1) is 14.3. The lowest BCUT2D eigenvalue weighted by molar-refractivity contribution is 0.393. The fourth-order valence-electron chi connectivity index (χ4n) is 1.70. The first-order valence-electron chi connectivity index (χ1n) is 5.97. The van der Waals surface area contributed by atoms with E-state index in [1.807, 2.05) is 12.1 Å². The Hall–Kier alpha value is -0.810. The van der Waals surface area contributed by atoms with E-state index in [0.29, 0.717) is 6.42 Å². The molecule has 1 rings (SSSR count). The van der Waals surface area contributed by atoms with E-state index in [0.717, 1.165) is 25.1 Å². The predicted molar refractivity (Wildman–Crippen MR) is 68.7 cm³/mol. The van der Waals surface area contributed by atoms with E-state index < -0.39 is 9.84 Å². The molecule has 1 aromatic rings. The van der Waals surface area contributed by atoms with Crippen molar-refractivity contribution in [3.63, 3.8) is 0 Å². The van der Waals surface area contributed by atoms with Crippen LogP contribution in [0.3, 0.4) is 0 Å². The zero-order valence-electron chi connectivity index (χ0n) is 10.5. The molecule has 1 heterocycles. The Morgan fingerprint density at radius 1 is 1.47 bits per heavy atom. The van der Waals surface area contributed by atoms with E-state index >= 15 is 0 Å². The van der Waals surface area contributed by atoms with Gasteiger partial charge in [0.15, 0.2) is 0 Å². The van der Waals surface area contributed by atoms with Crippen LogP contribution in [0.15, 0.2) is 22.8 Å². The molecule has 5 heteroatoms. The van der Waals surface area contributed by atoms with Crippen molar-refractivity contribution >= 4 is 9.84 Å². The highest BCUT2D eigenvalue weighted by Crippen LogP contribution is 2.19. The second-order valence-corrected chi connectivity index (χ2v) is 6.55. The van der Waals surface area contributed by atoms with Gasteiger partial charge in [0.2, 0.25) is 0 Å². The summed E-state index contributed by atoms with van der Waals surface area (Å²) in [5.74, 6) is 1.12. The van der Waals surface area contributed by atoms with Crippen LogP contribution in [-0.2, 0) is 9.84 Å². The summed E-state index contributed by atoms with van der Waals surface area (Å²) in [7, 11) is -2.87. The third kappa shape index (κ3) is 5.89. The molecule has 0 radical (unpaired) electrons. The van der Waals surface area contributed by atoms with Crippen molar-refractivity contribution in [2.24, 2.45) is 0 Å². The van der Waals surface area contributed by atoms with Gasteiger partial charge in [0, 0.05) is 12.0 Å². The molecule has 98 valence electrons. The Labute approximate surface area is 103 Å². The smallest absolute Gasteiger partial charge is 0.147 e. The highest BCUT2D eigenvalue weighted by atomic mass is 32.2. The van der Waals surface area contributed by atoms with E-state index in [1.165, 1.54) is 6.26 Å². The normalized spacial score (nSPS) is 13.8. The second-order valence-electron chi connectivity index (χ2n) is 4.29. The third-order valence-electron chi connectivity index (χ3n) is 2.54. The maximum absolute atomic E-state index is 11.1. The zero-order chi connectivity index (χ0) is 12.7. The average molecular weight is 259 g/mol. The monoisotopic (exact) mass is 259 g/mol. The van der Waals surface area contributed by atoms with Gasteiger partial charge in [-0.2, -0.15) is 0 Å². The van der Waals surface area contributed by atoms with Crippen molar-refractivity contribution in [1.82, 2.24) is 5.32 Å². The van der Waals surface area contributed by atoms with E-state index in [1.54, 1.807) is 6.26 Å². The molecule has 0 aliphatic rings. The topological polar surface area (TPSA) is 59.3 Å². The molecular weight excluding hydrogens is 238 g/mol. The minimum atomic E-state index is -2.87. The number of nitrogens with one attached hydrogen (secondary N) is 1. The third-order valence-corrected chi connectivity index (χ3v) is 3.57. The summed E-state index contributed by atoms with van der Waals surface area (Å²) in [6, 6.07) is 3.90. The maximum atomic E-state index is 11.1. The SMILES string of the molecule is CCCNC(CCCS(C)(=O)=O)c1ccco1. The van der Waals surface area contributed by atoms with Gasteiger partial charge in [-0.25, -0.2) is 8.42 Å². The largest absolute Gasteiger partial charge is 0.468 e. The van der Waals surface area contributed by atoms with Gasteiger partial charge in [0.1, 0.15) is 15.6 Å². The van der Waals surface area contributed by atoms with Crippen LogP contribution >= 0.6 is 0 Å². The molecule has 0 amide bonds. The van der Waals surface area contributed by atoms with Crippen LogP contribution in [0.2, 0.25) is 0 Å². The van der Waals surface area contributed by atoms with Crippen molar-refractivity contribution in [1.29, 1.82) is 0 Å². The van der Waals surface area contributed by atoms with Gasteiger partial charge < -0.3 is 9.73 Å². The van der Waals surface area contributed by atoms with Crippen molar-refractivity contribution in [3.05, 3.63) is 24.2 Å². The van der Waals surface area contributed by atoms with Gasteiger partial charge in [-0.05, 0) is 37.9 Å². The van der Waals surface area contributed by atoms with Crippen LogP contribution in [0, 0.1) is 0 Å². The molecule has 0 fully saturated rings. The highest BCUT2D eigenvalue weighted by molar-refractivity contribution is 7.90. The van der Waals surface area contributed by atoms with Crippen LogP contribution in [0.25, 0.3) is 0 Å². The van der Waals surface area contributed by atoms with Gasteiger partial charge in [-0.15, -0.1) is 0 Å². The Balaban J connectivity index is 2.47. The quantitative estimate of drug-likeness (QED) is 0.777. The summed E-state index contributed by atoms with van der Waals surface area (Å²) in [6.07, 6.45) is 5.39. The molecule has 0 saturated heterocycles. The molecule has 4 nitrogen and oxygen atoms in total. The number of hydrogen-bond donors (Lipinski definition) is 1. The van der Waals surface area contributed by atoms with Gasteiger partial charge in [0.25, 0.3) is 0 Å². The Kier molecular flexibility index (Phi) is 5.71. The van der Waals surface area contributed by atoms with Crippen molar-refractivity contribution < 1.29 is 12.8 Å². The van der Waals surface area contributed by atoms with Gasteiger partial charge in [-0.3, -0.25) is 0 Å².